The smallest absolute Gasteiger partial charge is 0.226 e. The van der Waals surface area contributed by atoms with Crippen molar-refractivity contribution < 1.29 is 9.90 Å². The zero-order valence-corrected chi connectivity index (χ0v) is 14.5. The standard InChI is InChI=1S/C20H25N3O2/c24-18-3-1-2-16(12-18)13-19(25)22-9-6-17(7-10-22)20-21-8-11-23(20)14-15-4-5-15/h1-3,8,11-12,15,17,24H,4-7,9-10,13-14H2. The van der Waals surface area contributed by atoms with Crippen LogP contribution in [0.15, 0.2) is 36.7 Å². The normalized spacial score (nSPS) is 18.5. The van der Waals surface area contributed by atoms with E-state index in [1.54, 1.807) is 18.2 Å². The fraction of sp³-hybridized carbons (Fsp3) is 0.500. The maximum atomic E-state index is 12.5. The largest absolute Gasteiger partial charge is 0.508 e. The fourth-order valence-electron chi connectivity index (χ4n) is 3.75. The summed E-state index contributed by atoms with van der Waals surface area (Å²) in [7, 11) is 0. The summed E-state index contributed by atoms with van der Waals surface area (Å²) >= 11 is 0. The Hall–Kier alpha value is -2.30. The Bertz CT molecular complexity index is 743. The number of phenols is 1. The molecule has 0 spiro atoms. The van der Waals surface area contributed by atoms with Crippen LogP contribution in [0.4, 0.5) is 0 Å². The lowest BCUT2D eigenvalue weighted by molar-refractivity contribution is -0.131. The number of rotatable bonds is 5. The summed E-state index contributed by atoms with van der Waals surface area (Å²) in [6, 6.07) is 6.96. The van der Waals surface area contributed by atoms with Gasteiger partial charge in [-0.3, -0.25) is 4.79 Å². The lowest BCUT2D eigenvalue weighted by atomic mass is 9.95. The molecule has 2 aromatic rings. The number of phenolic OH excluding ortho intramolecular Hbond substituents is 1. The van der Waals surface area contributed by atoms with E-state index >= 15 is 0 Å². The second kappa shape index (κ2) is 6.90. The molecule has 0 unspecified atom stereocenters. The van der Waals surface area contributed by atoms with Gasteiger partial charge in [0.25, 0.3) is 0 Å². The zero-order valence-electron chi connectivity index (χ0n) is 14.5. The summed E-state index contributed by atoms with van der Waals surface area (Å²) < 4.78 is 2.33. The molecule has 1 N–H and O–H groups in total. The molecule has 1 saturated carbocycles. The van der Waals surface area contributed by atoms with E-state index in [4.69, 9.17) is 0 Å². The van der Waals surface area contributed by atoms with Gasteiger partial charge in [-0.1, -0.05) is 12.1 Å². The first kappa shape index (κ1) is 16.2. The summed E-state index contributed by atoms with van der Waals surface area (Å²) in [5.74, 6) is 2.86. The van der Waals surface area contributed by atoms with Gasteiger partial charge in [0.05, 0.1) is 6.42 Å². The van der Waals surface area contributed by atoms with E-state index in [-0.39, 0.29) is 11.7 Å². The van der Waals surface area contributed by atoms with Crippen molar-refractivity contribution in [2.45, 2.75) is 44.6 Å². The maximum Gasteiger partial charge on any atom is 0.226 e. The van der Waals surface area contributed by atoms with Gasteiger partial charge in [-0.25, -0.2) is 4.98 Å². The minimum absolute atomic E-state index is 0.144. The Kier molecular flexibility index (Phi) is 4.47. The van der Waals surface area contributed by atoms with Gasteiger partial charge in [-0.15, -0.1) is 0 Å². The van der Waals surface area contributed by atoms with Gasteiger partial charge in [-0.05, 0) is 49.3 Å². The number of imidazole rings is 1. The summed E-state index contributed by atoms with van der Waals surface area (Å²) in [6.45, 7) is 2.68. The van der Waals surface area contributed by atoms with E-state index in [0.29, 0.717) is 12.3 Å². The molecule has 25 heavy (non-hydrogen) atoms. The summed E-state index contributed by atoms with van der Waals surface area (Å²) in [4.78, 5) is 19.1. The van der Waals surface area contributed by atoms with E-state index in [0.717, 1.165) is 44.0 Å². The molecule has 2 heterocycles. The molecule has 2 fully saturated rings. The Labute approximate surface area is 148 Å². The van der Waals surface area contributed by atoms with Gasteiger partial charge in [-0.2, -0.15) is 0 Å². The van der Waals surface area contributed by atoms with Crippen LogP contribution in [-0.4, -0.2) is 38.6 Å². The third-order valence-electron chi connectivity index (χ3n) is 5.38. The van der Waals surface area contributed by atoms with Crippen molar-refractivity contribution in [3.05, 3.63) is 48.0 Å². The zero-order chi connectivity index (χ0) is 17.2. The minimum Gasteiger partial charge on any atom is -0.508 e. The number of amides is 1. The molecule has 4 rings (SSSR count). The Morgan fingerprint density at radius 1 is 1.20 bits per heavy atom. The van der Waals surface area contributed by atoms with Crippen LogP contribution in [0, 0.1) is 5.92 Å². The van der Waals surface area contributed by atoms with Crippen LogP contribution in [0.1, 0.15) is 43.0 Å². The van der Waals surface area contributed by atoms with Gasteiger partial charge in [0.15, 0.2) is 0 Å². The van der Waals surface area contributed by atoms with Crippen molar-refractivity contribution in [1.29, 1.82) is 0 Å². The molecule has 1 aromatic heterocycles. The number of aromatic nitrogens is 2. The SMILES string of the molecule is O=C(Cc1cccc(O)c1)N1CCC(c2nccn2CC2CC2)CC1. The highest BCUT2D eigenvalue weighted by Gasteiger charge is 2.28. The Balaban J connectivity index is 1.33. The number of piperidine rings is 1. The van der Waals surface area contributed by atoms with Crippen molar-refractivity contribution in [2.75, 3.05) is 13.1 Å². The molecule has 5 nitrogen and oxygen atoms in total. The van der Waals surface area contributed by atoms with Gasteiger partial charge in [0, 0.05) is 37.9 Å². The highest BCUT2D eigenvalue weighted by molar-refractivity contribution is 5.79. The van der Waals surface area contributed by atoms with Crippen molar-refractivity contribution in [3.63, 3.8) is 0 Å². The van der Waals surface area contributed by atoms with E-state index in [1.807, 2.05) is 17.2 Å². The lowest BCUT2D eigenvalue weighted by Crippen LogP contribution is -2.39. The van der Waals surface area contributed by atoms with E-state index in [1.165, 1.54) is 18.7 Å². The molecule has 1 aromatic carbocycles. The summed E-state index contributed by atoms with van der Waals surface area (Å²) in [5.41, 5.74) is 0.868. The first-order valence-corrected chi connectivity index (χ1v) is 9.26. The number of hydrogen-bond acceptors (Lipinski definition) is 3. The molecule has 1 aliphatic carbocycles. The predicted octanol–water partition coefficient (Wildman–Crippen LogP) is 2.95. The summed E-state index contributed by atoms with van der Waals surface area (Å²) in [6.07, 6.45) is 9.03. The molecule has 1 aliphatic heterocycles. The average molecular weight is 339 g/mol. The van der Waals surface area contributed by atoms with E-state index in [9.17, 15) is 9.90 Å². The molecule has 132 valence electrons. The van der Waals surface area contributed by atoms with Crippen LogP contribution >= 0.6 is 0 Å². The van der Waals surface area contributed by atoms with Gasteiger partial charge in [0.1, 0.15) is 11.6 Å². The van der Waals surface area contributed by atoms with Crippen LogP contribution in [0.2, 0.25) is 0 Å². The molecule has 0 bridgehead atoms. The number of carbonyl (C=O) groups excluding carboxylic acids is 1. The topological polar surface area (TPSA) is 58.4 Å². The number of carbonyl (C=O) groups is 1. The molecular weight excluding hydrogens is 314 g/mol. The van der Waals surface area contributed by atoms with E-state index in [2.05, 4.69) is 15.7 Å². The molecule has 0 atom stereocenters. The van der Waals surface area contributed by atoms with Gasteiger partial charge in [0.2, 0.25) is 5.91 Å². The van der Waals surface area contributed by atoms with Crippen molar-refractivity contribution in [1.82, 2.24) is 14.5 Å². The van der Waals surface area contributed by atoms with E-state index < -0.39 is 0 Å². The predicted molar refractivity (Wildman–Crippen MR) is 95.3 cm³/mol. The van der Waals surface area contributed by atoms with Crippen molar-refractivity contribution in [3.8, 4) is 5.75 Å². The Morgan fingerprint density at radius 2 is 2.00 bits per heavy atom. The molecule has 1 amide bonds. The van der Waals surface area contributed by atoms with Crippen LogP contribution < -0.4 is 0 Å². The molecule has 5 heteroatoms. The lowest BCUT2D eigenvalue weighted by Gasteiger charge is -2.32. The maximum absolute atomic E-state index is 12.5. The number of benzene rings is 1. The highest BCUT2D eigenvalue weighted by Crippen LogP contribution is 2.33. The Morgan fingerprint density at radius 3 is 2.72 bits per heavy atom. The molecule has 0 radical (unpaired) electrons. The number of aromatic hydroxyl groups is 1. The number of nitrogens with zero attached hydrogens (tertiary/aromatic N) is 3. The second-order valence-electron chi connectivity index (χ2n) is 7.38. The first-order valence-electron chi connectivity index (χ1n) is 9.26. The third kappa shape index (κ3) is 3.86. The minimum atomic E-state index is 0.144. The van der Waals surface area contributed by atoms with Gasteiger partial charge >= 0.3 is 0 Å². The average Bonchev–Trinajstić information content (AvgIpc) is 3.30. The molecule has 2 aliphatic rings. The summed E-state index contributed by atoms with van der Waals surface area (Å²) in [5, 5.41) is 9.54. The first-order chi connectivity index (χ1) is 12.2. The number of hydrogen-bond donors (Lipinski definition) is 1. The number of likely N-dealkylation sites (tertiary alicyclic amines) is 1. The van der Waals surface area contributed by atoms with Crippen molar-refractivity contribution in [2.24, 2.45) is 5.92 Å². The van der Waals surface area contributed by atoms with Crippen LogP contribution in [-0.2, 0) is 17.8 Å². The van der Waals surface area contributed by atoms with Gasteiger partial charge < -0.3 is 14.6 Å². The molecular formula is C20H25N3O2. The fourth-order valence-corrected chi connectivity index (χ4v) is 3.75. The second-order valence-corrected chi connectivity index (χ2v) is 7.38. The molecule has 1 saturated heterocycles. The third-order valence-corrected chi connectivity index (χ3v) is 5.38. The highest BCUT2D eigenvalue weighted by atomic mass is 16.3. The van der Waals surface area contributed by atoms with Crippen molar-refractivity contribution >= 4 is 5.91 Å². The monoisotopic (exact) mass is 339 g/mol. The van der Waals surface area contributed by atoms with Crippen LogP contribution in [0.25, 0.3) is 0 Å². The van der Waals surface area contributed by atoms with Crippen LogP contribution in [0.3, 0.4) is 0 Å². The quantitative estimate of drug-likeness (QED) is 0.911. The van der Waals surface area contributed by atoms with Crippen LogP contribution in [0.5, 0.6) is 5.75 Å².